The Labute approximate surface area is 178 Å². The van der Waals surface area contributed by atoms with Crippen LogP contribution in [-0.2, 0) is 16.6 Å². The maximum absolute atomic E-state index is 13.1. The van der Waals surface area contributed by atoms with E-state index in [0.29, 0.717) is 25.2 Å². The lowest BCUT2D eigenvalue weighted by Gasteiger charge is -2.22. The predicted octanol–water partition coefficient (Wildman–Crippen LogP) is 4.49. The minimum atomic E-state index is -3.73. The molecule has 0 radical (unpaired) electrons. The average Bonchev–Trinajstić information content (AvgIpc) is 2.99. The molecule has 0 aromatic heterocycles. The predicted molar refractivity (Wildman–Crippen MR) is 116 cm³/mol. The van der Waals surface area contributed by atoms with Crippen LogP contribution in [0.2, 0.25) is 5.02 Å². The molecule has 1 saturated heterocycles. The van der Waals surface area contributed by atoms with E-state index in [2.05, 4.69) is 0 Å². The number of amides is 1. The molecule has 2 aromatic rings. The van der Waals surface area contributed by atoms with Crippen LogP contribution >= 0.6 is 11.6 Å². The molecule has 0 atom stereocenters. The maximum Gasteiger partial charge on any atom is 0.253 e. The van der Waals surface area contributed by atoms with Crippen LogP contribution in [0, 0.1) is 6.92 Å². The van der Waals surface area contributed by atoms with Crippen molar-refractivity contribution in [3.05, 3.63) is 64.2 Å². The molecule has 0 bridgehead atoms. The molecule has 0 N–H and O–H groups in total. The summed E-state index contributed by atoms with van der Waals surface area (Å²) in [6, 6.07) is 12.5. The molecule has 1 amide bonds. The summed E-state index contributed by atoms with van der Waals surface area (Å²) >= 11 is 6.24. The molecule has 1 aliphatic heterocycles. The summed E-state index contributed by atoms with van der Waals surface area (Å²) in [5.41, 5.74) is 2.49. The molecule has 0 unspecified atom stereocenters. The Kier molecular flexibility index (Phi) is 6.98. The third-order valence-electron chi connectivity index (χ3n) is 5.25. The summed E-state index contributed by atoms with van der Waals surface area (Å²) in [6.07, 6.45) is 3.74. The first kappa shape index (κ1) is 21.8. The molecular formula is C22H27ClN2O3S. The van der Waals surface area contributed by atoms with E-state index in [0.717, 1.165) is 36.8 Å². The summed E-state index contributed by atoms with van der Waals surface area (Å²) < 4.78 is 27.8. The second kappa shape index (κ2) is 9.28. The van der Waals surface area contributed by atoms with Crippen molar-refractivity contribution in [3.63, 3.8) is 0 Å². The van der Waals surface area contributed by atoms with Gasteiger partial charge in [-0.25, -0.2) is 8.42 Å². The van der Waals surface area contributed by atoms with E-state index in [4.69, 9.17) is 11.6 Å². The number of nitrogens with zero attached hydrogens (tertiary/aromatic N) is 2. The Morgan fingerprint density at radius 1 is 1.03 bits per heavy atom. The largest absolute Gasteiger partial charge is 0.337 e. The third kappa shape index (κ3) is 5.18. The molecule has 1 heterocycles. The normalized spacial score (nSPS) is 15.7. The van der Waals surface area contributed by atoms with Gasteiger partial charge < -0.3 is 4.90 Å². The molecule has 5 nitrogen and oxygen atoms in total. The number of hydrogen-bond acceptors (Lipinski definition) is 3. The lowest BCUT2D eigenvalue weighted by atomic mass is 10.1. The van der Waals surface area contributed by atoms with Crippen LogP contribution in [-0.4, -0.2) is 43.7 Å². The zero-order valence-corrected chi connectivity index (χ0v) is 18.5. The van der Waals surface area contributed by atoms with E-state index < -0.39 is 10.0 Å². The lowest BCUT2D eigenvalue weighted by Crippen LogP contribution is -2.32. The Bertz CT molecular complexity index is 966. The number of sulfonamides is 1. The highest BCUT2D eigenvalue weighted by atomic mass is 35.5. The van der Waals surface area contributed by atoms with E-state index in [-0.39, 0.29) is 15.8 Å². The third-order valence-corrected chi connectivity index (χ3v) is 7.63. The SMILES string of the molecule is Cc1ccc(CN(C)C(=O)c2ccc(Cl)c(S(=O)(=O)N3CCCCCC3)c2)cc1. The van der Waals surface area contributed by atoms with E-state index in [1.54, 1.807) is 18.0 Å². The molecule has 0 spiro atoms. The quantitative estimate of drug-likeness (QED) is 0.696. The fraction of sp³-hybridized carbons (Fsp3) is 0.409. The first-order valence-electron chi connectivity index (χ1n) is 9.90. The van der Waals surface area contributed by atoms with Gasteiger partial charge in [-0.1, -0.05) is 54.3 Å². The topological polar surface area (TPSA) is 57.7 Å². The highest BCUT2D eigenvalue weighted by Crippen LogP contribution is 2.28. The zero-order valence-electron chi connectivity index (χ0n) is 16.9. The number of rotatable bonds is 5. The van der Waals surface area contributed by atoms with Gasteiger partial charge in [0.15, 0.2) is 0 Å². The number of carbonyl (C=O) groups excluding carboxylic acids is 1. The Morgan fingerprint density at radius 2 is 1.66 bits per heavy atom. The second-order valence-corrected chi connectivity index (χ2v) is 9.92. The maximum atomic E-state index is 13.1. The molecule has 29 heavy (non-hydrogen) atoms. The van der Waals surface area contributed by atoms with Gasteiger partial charge in [-0.15, -0.1) is 0 Å². The van der Waals surface area contributed by atoms with Gasteiger partial charge >= 0.3 is 0 Å². The van der Waals surface area contributed by atoms with Crippen molar-refractivity contribution < 1.29 is 13.2 Å². The summed E-state index contributed by atoms with van der Waals surface area (Å²) in [6.45, 7) is 3.43. The summed E-state index contributed by atoms with van der Waals surface area (Å²) in [4.78, 5) is 14.5. The van der Waals surface area contributed by atoms with Crippen LogP contribution in [0.1, 0.15) is 47.2 Å². The van der Waals surface area contributed by atoms with Gasteiger partial charge in [-0.05, 0) is 43.5 Å². The van der Waals surface area contributed by atoms with Crippen LogP contribution in [0.25, 0.3) is 0 Å². The molecule has 2 aromatic carbocycles. The van der Waals surface area contributed by atoms with Crippen molar-refractivity contribution in [2.75, 3.05) is 20.1 Å². The van der Waals surface area contributed by atoms with Crippen molar-refractivity contribution in [2.45, 2.75) is 44.0 Å². The number of aryl methyl sites for hydroxylation is 1. The van der Waals surface area contributed by atoms with Gasteiger partial charge in [0.05, 0.1) is 5.02 Å². The van der Waals surface area contributed by atoms with Crippen molar-refractivity contribution in [3.8, 4) is 0 Å². The first-order chi connectivity index (χ1) is 13.8. The van der Waals surface area contributed by atoms with Crippen molar-refractivity contribution in [2.24, 2.45) is 0 Å². The first-order valence-corrected chi connectivity index (χ1v) is 11.7. The van der Waals surface area contributed by atoms with Crippen molar-refractivity contribution >= 4 is 27.5 Å². The smallest absolute Gasteiger partial charge is 0.253 e. The number of halogens is 1. The van der Waals surface area contributed by atoms with Gasteiger partial charge in [-0.3, -0.25) is 4.79 Å². The van der Waals surface area contributed by atoms with Crippen LogP contribution in [0.3, 0.4) is 0 Å². The van der Waals surface area contributed by atoms with Crippen LogP contribution in [0.5, 0.6) is 0 Å². The van der Waals surface area contributed by atoms with Gasteiger partial charge in [0.2, 0.25) is 10.0 Å². The number of hydrogen-bond donors (Lipinski definition) is 0. The standard InChI is InChI=1S/C22H27ClN2O3S/c1-17-7-9-18(10-8-17)16-24(2)22(26)19-11-12-20(23)21(15-19)29(27,28)25-13-5-3-4-6-14-25/h7-12,15H,3-6,13-14,16H2,1-2H3. The van der Waals surface area contributed by atoms with Gasteiger partial charge in [0.25, 0.3) is 5.91 Å². The molecule has 0 aliphatic carbocycles. The highest BCUT2D eigenvalue weighted by molar-refractivity contribution is 7.89. The monoisotopic (exact) mass is 434 g/mol. The van der Waals surface area contributed by atoms with Gasteiger partial charge in [0, 0.05) is 32.2 Å². The fourth-order valence-corrected chi connectivity index (χ4v) is 5.53. The summed E-state index contributed by atoms with van der Waals surface area (Å²) in [5, 5.41) is 0.145. The highest BCUT2D eigenvalue weighted by Gasteiger charge is 2.28. The van der Waals surface area contributed by atoms with Gasteiger partial charge in [0.1, 0.15) is 4.90 Å². The summed E-state index contributed by atoms with van der Waals surface area (Å²) in [5.74, 6) is -0.241. The van der Waals surface area contributed by atoms with Crippen LogP contribution < -0.4 is 0 Å². The van der Waals surface area contributed by atoms with Gasteiger partial charge in [-0.2, -0.15) is 4.31 Å². The van der Waals surface area contributed by atoms with E-state index in [1.807, 2.05) is 31.2 Å². The molecular weight excluding hydrogens is 408 g/mol. The Morgan fingerprint density at radius 3 is 2.28 bits per heavy atom. The molecule has 3 rings (SSSR count). The van der Waals surface area contributed by atoms with Crippen molar-refractivity contribution in [1.29, 1.82) is 0 Å². The minimum Gasteiger partial charge on any atom is -0.337 e. The average molecular weight is 435 g/mol. The van der Waals surface area contributed by atoms with Crippen LogP contribution in [0.4, 0.5) is 0 Å². The molecule has 1 aliphatic rings. The zero-order chi connectivity index (χ0) is 21.0. The number of carbonyl (C=O) groups is 1. The molecule has 1 fully saturated rings. The second-order valence-electron chi connectivity index (χ2n) is 7.61. The molecule has 7 heteroatoms. The van der Waals surface area contributed by atoms with E-state index >= 15 is 0 Å². The van der Waals surface area contributed by atoms with E-state index in [1.165, 1.54) is 16.4 Å². The number of benzene rings is 2. The van der Waals surface area contributed by atoms with Crippen LogP contribution in [0.15, 0.2) is 47.4 Å². The lowest BCUT2D eigenvalue weighted by molar-refractivity contribution is 0.0785. The molecule has 156 valence electrons. The Balaban J connectivity index is 1.83. The molecule has 0 saturated carbocycles. The summed E-state index contributed by atoms with van der Waals surface area (Å²) in [7, 11) is -2.02. The minimum absolute atomic E-state index is 0.00986. The van der Waals surface area contributed by atoms with Crippen molar-refractivity contribution in [1.82, 2.24) is 9.21 Å². The fourth-order valence-electron chi connectivity index (χ4n) is 3.51. The van der Waals surface area contributed by atoms with E-state index in [9.17, 15) is 13.2 Å². The Hall–Kier alpha value is -1.89.